The third kappa shape index (κ3) is 4.13. The molecule has 26 heavy (non-hydrogen) atoms. The molecule has 0 unspecified atom stereocenters. The molecule has 0 aliphatic carbocycles. The summed E-state index contributed by atoms with van der Waals surface area (Å²) in [5.41, 5.74) is 0.920. The first-order valence-corrected chi connectivity index (χ1v) is 7.98. The van der Waals surface area contributed by atoms with E-state index in [-0.39, 0.29) is 24.3 Å². The molecule has 1 aromatic heterocycles. The molecule has 3 rings (SSSR count). The molecule has 0 aliphatic rings. The van der Waals surface area contributed by atoms with Crippen molar-refractivity contribution in [1.29, 1.82) is 0 Å². The van der Waals surface area contributed by atoms with E-state index < -0.39 is 17.6 Å². The van der Waals surface area contributed by atoms with Gasteiger partial charge in [-0.2, -0.15) is 0 Å². The van der Waals surface area contributed by atoms with Crippen LogP contribution in [0.5, 0.6) is 0 Å². The second-order valence-electron chi connectivity index (χ2n) is 5.43. The van der Waals surface area contributed by atoms with E-state index in [1.807, 2.05) is 30.3 Å². The number of halogens is 1. The zero-order valence-corrected chi connectivity index (χ0v) is 13.7. The molecule has 2 amide bonds. The quantitative estimate of drug-likeness (QED) is 0.667. The number of hydrogen-bond donors (Lipinski definition) is 2. The summed E-state index contributed by atoms with van der Waals surface area (Å²) >= 11 is 0. The minimum Gasteiger partial charge on any atom is -0.355 e. The van der Waals surface area contributed by atoms with E-state index in [9.17, 15) is 14.0 Å². The zero-order valence-electron chi connectivity index (χ0n) is 13.7. The van der Waals surface area contributed by atoms with Crippen LogP contribution in [0.25, 0.3) is 11.3 Å². The van der Waals surface area contributed by atoms with Gasteiger partial charge in [0.1, 0.15) is 5.82 Å². The van der Waals surface area contributed by atoms with Crippen molar-refractivity contribution in [3.05, 3.63) is 77.7 Å². The Kier molecular flexibility index (Phi) is 5.38. The molecule has 0 bridgehead atoms. The van der Waals surface area contributed by atoms with Crippen LogP contribution in [0.3, 0.4) is 0 Å². The zero-order chi connectivity index (χ0) is 18.4. The fourth-order valence-corrected chi connectivity index (χ4v) is 2.30. The predicted molar refractivity (Wildman–Crippen MR) is 93.0 cm³/mol. The molecule has 0 saturated carbocycles. The number of aromatic nitrogens is 1. The van der Waals surface area contributed by atoms with Gasteiger partial charge in [0.25, 0.3) is 11.8 Å². The number of hydrogen-bond acceptors (Lipinski definition) is 4. The summed E-state index contributed by atoms with van der Waals surface area (Å²) in [5, 5.41) is 8.90. The Balaban J connectivity index is 1.48. The Morgan fingerprint density at radius 2 is 1.58 bits per heavy atom. The van der Waals surface area contributed by atoms with E-state index in [1.54, 1.807) is 12.1 Å². The van der Waals surface area contributed by atoms with Crippen LogP contribution >= 0.6 is 0 Å². The number of benzene rings is 2. The molecule has 1 heterocycles. The van der Waals surface area contributed by atoms with E-state index in [2.05, 4.69) is 15.8 Å². The van der Waals surface area contributed by atoms with Crippen molar-refractivity contribution in [3.63, 3.8) is 0 Å². The number of carbonyl (C=O) groups is 2. The van der Waals surface area contributed by atoms with Crippen LogP contribution in [0.2, 0.25) is 0 Å². The molecule has 2 aromatic carbocycles. The number of carbonyl (C=O) groups excluding carboxylic acids is 2. The van der Waals surface area contributed by atoms with Gasteiger partial charge in [-0.15, -0.1) is 0 Å². The maximum absolute atomic E-state index is 13.5. The fourth-order valence-electron chi connectivity index (χ4n) is 2.30. The highest BCUT2D eigenvalue weighted by molar-refractivity contribution is 5.95. The van der Waals surface area contributed by atoms with Crippen molar-refractivity contribution < 1.29 is 18.5 Å². The highest BCUT2D eigenvalue weighted by Gasteiger charge is 2.14. The monoisotopic (exact) mass is 353 g/mol. The molecule has 3 aromatic rings. The summed E-state index contributed by atoms with van der Waals surface area (Å²) in [7, 11) is 0. The Hall–Kier alpha value is -3.48. The summed E-state index contributed by atoms with van der Waals surface area (Å²) in [6.45, 7) is 0.328. The first-order chi connectivity index (χ1) is 12.6. The van der Waals surface area contributed by atoms with Gasteiger partial charge in [-0.25, -0.2) is 4.39 Å². The average molecular weight is 353 g/mol. The lowest BCUT2D eigenvalue weighted by Crippen LogP contribution is -2.35. The molecule has 132 valence electrons. The Morgan fingerprint density at radius 1 is 0.923 bits per heavy atom. The molecular formula is C19H16FN3O3. The molecule has 0 radical (unpaired) electrons. The van der Waals surface area contributed by atoms with E-state index >= 15 is 0 Å². The van der Waals surface area contributed by atoms with Crippen LogP contribution in [-0.2, 0) is 0 Å². The number of rotatable bonds is 6. The highest BCUT2D eigenvalue weighted by atomic mass is 19.1. The van der Waals surface area contributed by atoms with E-state index in [0.29, 0.717) is 5.76 Å². The molecule has 7 heteroatoms. The molecule has 0 spiro atoms. The summed E-state index contributed by atoms with van der Waals surface area (Å²) in [4.78, 5) is 23.9. The van der Waals surface area contributed by atoms with Gasteiger partial charge in [0.05, 0.1) is 5.56 Å². The Labute approximate surface area is 149 Å². The minimum atomic E-state index is -0.593. The topological polar surface area (TPSA) is 84.2 Å². The Bertz CT molecular complexity index is 909. The lowest BCUT2D eigenvalue weighted by molar-refractivity contribution is 0.0921. The van der Waals surface area contributed by atoms with Crippen molar-refractivity contribution in [1.82, 2.24) is 15.8 Å². The summed E-state index contributed by atoms with van der Waals surface area (Å²) in [6, 6.07) is 16.5. The largest absolute Gasteiger partial charge is 0.355 e. The summed E-state index contributed by atoms with van der Waals surface area (Å²) in [5.74, 6) is -1.06. The van der Waals surface area contributed by atoms with Crippen LogP contribution < -0.4 is 10.6 Å². The maximum atomic E-state index is 13.5. The fraction of sp³-hybridized carbons (Fsp3) is 0.105. The lowest BCUT2D eigenvalue weighted by atomic mass is 10.1. The number of nitrogens with zero attached hydrogens (tertiary/aromatic N) is 1. The second-order valence-corrected chi connectivity index (χ2v) is 5.43. The van der Waals surface area contributed by atoms with Crippen molar-refractivity contribution >= 4 is 11.8 Å². The van der Waals surface area contributed by atoms with Gasteiger partial charge in [-0.05, 0) is 12.1 Å². The predicted octanol–water partition coefficient (Wildman–Crippen LogP) is 2.64. The van der Waals surface area contributed by atoms with Crippen LogP contribution in [0.15, 0.2) is 65.2 Å². The summed E-state index contributed by atoms with van der Waals surface area (Å²) < 4.78 is 18.7. The van der Waals surface area contributed by atoms with Gasteiger partial charge < -0.3 is 15.2 Å². The number of amides is 2. The second kappa shape index (κ2) is 8.06. The first-order valence-electron chi connectivity index (χ1n) is 7.98. The third-order valence-electron chi connectivity index (χ3n) is 3.62. The van der Waals surface area contributed by atoms with E-state index in [4.69, 9.17) is 4.52 Å². The van der Waals surface area contributed by atoms with Gasteiger partial charge in [-0.3, -0.25) is 9.59 Å². The van der Waals surface area contributed by atoms with Gasteiger partial charge in [0.15, 0.2) is 11.5 Å². The van der Waals surface area contributed by atoms with Gasteiger partial charge in [0, 0.05) is 24.7 Å². The van der Waals surface area contributed by atoms with Crippen molar-refractivity contribution in [3.8, 4) is 11.3 Å². The highest BCUT2D eigenvalue weighted by Crippen LogP contribution is 2.19. The van der Waals surface area contributed by atoms with Crippen LogP contribution in [0.1, 0.15) is 20.8 Å². The molecule has 2 N–H and O–H groups in total. The van der Waals surface area contributed by atoms with Crippen LogP contribution in [-0.4, -0.2) is 30.1 Å². The molecule has 0 saturated heterocycles. The third-order valence-corrected chi connectivity index (χ3v) is 3.62. The van der Waals surface area contributed by atoms with E-state index in [0.717, 1.165) is 5.56 Å². The average Bonchev–Trinajstić information content (AvgIpc) is 3.16. The summed E-state index contributed by atoms with van der Waals surface area (Å²) in [6.07, 6.45) is 0. The molecule has 6 nitrogen and oxygen atoms in total. The molecule has 0 fully saturated rings. The van der Waals surface area contributed by atoms with Gasteiger partial charge in [-0.1, -0.05) is 47.6 Å². The normalized spacial score (nSPS) is 10.3. The lowest BCUT2D eigenvalue weighted by Gasteiger charge is -2.06. The Morgan fingerprint density at radius 3 is 2.31 bits per heavy atom. The van der Waals surface area contributed by atoms with Gasteiger partial charge in [0.2, 0.25) is 0 Å². The van der Waals surface area contributed by atoms with Crippen molar-refractivity contribution in [2.24, 2.45) is 0 Å². The van der Waals surface area contributed by atoms with Gasteiger partial charge >= 0.3 is 0 Å². The van der Waals surface area contributed by atoms with Crippen molar-refractivity contribution in [2.45, 2.75) is 0 Å². The minimum absolute atomic E-state index is 0.0390. The standard InChI is InChI=1S/C19H16FN3O3/c20-15-9-5-4-8-14(15)18(24)21-10-11-22-19(25)16-12-17(26-23-16)13-6-2-1-3-7-13/h1-9,12H,10-11H2,(H,21,24)(H,22,25). The molecular weight excluding hydrogens is 337 g/mol. The first kappa shape index (κ1) is 17.3. The maximum Gasteiger partial charge on any atom is 0.273 e. The smallest absolute Gasteiger partial charge is 0.273 e. The van der Waals surface area contributed by atoms with Crippen molar-refractivity contribution in [2.75, 3.05) is 13.1 Å². The van der Waals surface area contributed by atoms with Crippen LogP contribution in [0, 0.1) is 5.82 Å². The number of nitrogens with one attached hydrogen (secondary N) is 2. The van der Waals surface area contributed by atoms with Crippen LogP contribution in [0.4, 0.5) is 4.39 Å². The SMILES string of the molecule is O=C(NCCNC(=O)c1ccccc1F)c1cc(-c2ccccc2)on1. The van der Waals surface area contributed by atoms with E-state index in [1.165, 1.54) is 18.2 Å². The molecule has 0 aliphatic heterocycles. The molecule has 0 atom stereocenters.